The number of carboxylic acid groups (broad SMARTS) is 1. The minimum absolute atomic E-state index is 0. The number of ketones is 1. The predicted molar refractivity (Wildman–Crippen MR) is 116 cm³/mol. The zero-order valence-corrected chi connectivity index (χ0v) is 16.5. The van der Waals surface area contributed by atoms with Crippen LogP contribution in [0.4, 0.5) is 9.18 Å². The number of carbonyl (C=O) groups is 4. The summed E-state index contributed by atoms with van der Waals surface area (Å²) in [5.74, 6) is -3.22. The number of nitrogens with one attached hydrogen (secondary N) is 2. The maximum atomic E-state index is 14.6. The van der Waals surface area contributed by atoms with Gasteiger partial charge in [-0.1, -0.05) is 36.4 Å². The molecular formula is C22H21FN3NaO5. The third kappa shape index (κ3) is 6.03. The molecule has 1 aliphatic heterocycles. The molecule has 3 N–H and O–H groups in total. The number of hydrogen-bond acceptors (Lipinski definition) is 4. The van der Waals surface area contributed by atoms with E-state index in [1.807, 2.05) is 30.3 Å². The molecule has 1 heterocycles. The molecule has 0 saturated carbocycles. The Kier molecular flexibility index (Phi) is 8.71. The monoisotopic (exact) mass is 449 g/mol. The molecule has 10 heteroatoms. The summed E-state index contributed by atoms with van der Waals surface area (Å²) in [4.78, 5) is 49.0. The Balaban J connectivity index is 0.00000363. The molecule has 1 unspecified atom stereocenters. The van der Waals surface area contributed by atoms with E-state index in [0.29, 0.717) is 5.56 Å². The first-order valence-corrected chi connectivity index (χ1v) is 9.38. The number of rotatable bonds is 6. The number of amides is 3. The fraction of sp³-hybridized carbons (Fsp3) is 0.182. The second kappa shape index (κ2) is 11.0. The Hall–Kier alpha value is -3.01. The van der Waals surface area contributed by atoms with Gasteiger partial charge in [0.25, 0.3) is 5.91 Å². The van der Waals surface area contributed by atoms with Crippen molar-refractivity contribution in [3.05, 3.63) is 72.2 Å². The van der Waals surface area contributed by atoms with Crippen molar-refractivity contribution in [2.45, 2.75) is 18.5 Å². The van der Waals surface area contributed by atoms with Crippen molar-refractivity contribution in [2.75, 3.05) is 7.05 Å². The van der Waals surface area contributed by atoms with Gasteiger partial charge in [0, 0.05) is 24.9 Å². The summed E-state index contributed by atoms with van der Waals surface area (Å²) in [7, 11) is 1.43. The number of halogens is 1. The number of aliphatic carboxylic acids is 1. The summed E-state index contributed by atoms with van der Waals surface area (Å²) in [6.45, 7) is 0. The Labute approximate surface area is 205 Å². The Morgan fingerprint density at radius 1 is 1.12 bits per heavy atom. The Morgan fingerprint density at radius 2 is 1.81 bits per heavy atom. The van der Waals surface area contributed by atoms with Crippen LogP contribution in [0.2, 0.25) is 0 Å². The van der Waals surface area contributed by atoms with Crippen LogP contribution in [0.25, 0.3) is 11.1 Å². The van der Waals surface area contributed by atoms with Crippen molar-refractivity contribution >= 4 is 53.2 Å². The van der Waals surface area contributed by atoms with Crippen LogP contribution in [0.3, 0.4) is 0 Å². The summed E-state index contributed by atoms with van der Waals surface area (Å²) in [5, 5.41) is 13.9. The average Bonchev–Trinajstić information content (AvgIpc) is 2.74. The van der Waals surface area contributed by atoms with Gasteiger partial charge >= 0.3 is 41.6 Å². The number of nitrogens with zero attached hydrogens (tertiary/aromatic N) is 1. The van der Waals surface area contributed by atoms with Gasteiger partial charge in [0.1, 0.15) is 5.82 Å². The van der Waals surface area contributed by atoms with E-state index >= 15 is 0 Å². The number of likely N-dealkylation sites (N-methyl/N-ethyl adjacent to an activating group) is 1. The zero-order valence-electron chi connectivity index (χ0n) is 16.5. The van der Waals surface area contributed by atoms with E-state index in [0.717, 1.165) is 16.5 Å². The molecule has 0 fully saturated rings. The fourth-order valence-electron chi connectivity index (χ4n) is 3.18. The van der Waals surface area contributed by atoms with Crippen molar-refractivity contribution in [2.24, 2.45) is 0 Å². The first kappa shape index (κ1) is 25.3. The molecule has 0 saturated heterocycles. The molecule has 32 heavy (non-hydrogen) atoms. The van der Waals surface area contributed by atoms with Gasteiger partial charge in [-0.15, -0.1) is 0 Å². The van der Waals surface area contributed by atoms with E-state index in [1.54, 1.807) is 6.07 Å². The van der Waals surface area contributed by atoms with Crippen LogP contribution in [-0.4, -0.2) is 76.3 Å². The van der Waals surface area contributed by atoms with Gasteiger partial charge in [-0.25, -0.2) is 9.18 Å². The molecule has 1 aliphatic rings. The van der Waals surface area contributed by atoms with Gasteiger partial charge in [-0.2, -0.15) is 0 Å². The van der Waals surface area contributed by atoms with E-state index in [1.165, 1.54) is 25.4 Å². The normalized spacial score (nSPS) is 16.2. The molecule has 162 valence electrons. The zero-order chi connectivity index (χ0) is 22.5. The molecule has 0 radical (unpaired) electrons. The molecule has 2 aromatic carbocycles. The second-order valence-corrected chi connectivity index (χ2v) is 6.97. The first-order chi connectivity index (χ1) is 14.8. The molecule has 3 amide bonds. The number of carbonyl (C=O) groups excluding carboxylic acids is 3. The second-order valence-electron chi connectivity index (χ2n) is 6.97. The van der Waals surface area contributed by atoms with Crippen molar-refractivity contribution in [3.8, 4) is 11.1 Å². The van der Waals surface area contributed by atoms with Gasteiger partial charge in [-0.05, 0) is 23.3 Å². The van der Waals surface area contributed by atoms with Gasteiger partial charge in [0.2, 0.25) is 0 Å². The molecule has 0 bridgehead atoms. The Morgan fingerprint density at radius 3 is 2.47 bits per heavy atom. The quantitative estimate of drug-likeness (QED) is 0.458. The molecule has 0 spiro atoms. The van der Waals surface area contributed by atoms with Crippen molar-refractivity contribution < 1.29 is 28.7 Å². The van der Waals surface area contributed by atoms with Gasteiger partial charge in [0.05, 0.1) is 12.5 Å². The third-order valence-corrected chi connectivity index (χ3v) is 4.78. The molecule has 2 aromatic rings. The van der Waals surface area contributed by atoms with E-state index in [-0.39, 0.29) is 35.1 Å². The molecular weight excluding hydrogens is 428 g/mol. The summed E-state index contributed by atoms with van der Waals surface area (Å²) >= 11 is 0. The van der Waals surface area contributed by atoms with Crippen LogP contribution < -0.4 is 10.6 Å². The van der Waals surface area contributed by atoms with Crippen molar-refractivity contribution in [1.29, 1.82) is 0 Å². The summed E-state index contributed by atoms with van der Waals surface area (Å²) in [6.07, 6.45) is 1.82. The van der Waals surface area contributed by atoms with Crippen molar-refractivity contribution in [1.82, 2.24) is 15.5 Å². The summed E-state index contributed by atoms with van der Waals surface area (Å²) in [5.41, 5.74) is 1.40. The van der Waals surface area contributed by atoms with Crippen LogP contribution in [0.15, 0.2) is 60.8 Å². The standard InChI is InChI=1S/C22H20FN3O5.Na.H/c1-26-10-9-18(27)20(21(26)30)25-22(31)24-17(12-19(28)29)15-11-14(7-8-16(15)23)13-5-3-2-4-6-13;;/h2-11,17,20H,12H2,1H3,(H,28,29)(H2,24,25,31);;/t17-,20?;;/m0../s1. The van der Waals surface area contributed by atoms with Gasteiger partial charge < -0.3 is 20.6 Å². The van der Waals surface area contributed by atoms with Crippen LogP contribution in [-0.2, 0) is 14.4 Å². The number of urea groups is 1. The SMILES string of the molecule is CN1C=CC(=O)C(NC(=O)N[C@@H](CC(=O)O)c2cc(-c3ccccc3)ccc2F)C1=O.[NaH]. The summed E-state index contributed by atoms with van der Waals surface area (Å²) in [6, 6.07) is 9.63. The maximum absolute atomic E-state index is 14.6. The van der Waals surface area contributed by atoms with E-state index < -0.39 is 48.0 Å². The first-order valence-electron chi connectivity index (χ1n) is 9.38. The van der Waals surface area contributed by atoms with E-state index in [2.05, 4.69) is 10.6 Å². The Bertz CT molecular complexity index is 1060. The molecule has 0 aromatic heterocycles. The van der Waals surface area contributed by atoms with E-state index in [9.17, 15) is 28.7 Å². The van der Waals surface area contributed by atoms with E-state index in [4.69, 9.17) is 0 Å². The predicted octanol–water partition coefficient (Wildman–Crippen LogP) is 1.58. The summed E-state index contributed by atoms with van der Waals surface area (Å²) < 4.78 is 14.6. The molecule has 0 aliphatic carbocycles. The van der Waals surface area contributed by atoms with Crippen LogP contribution in [0.1, 0.15) is 18.0 Å². The van der Waals surface area contributed by atoms with Crippen LogP contribution in [0, 0.1) is 5.82 Å². The average molecular weight is 449 g/mol. The van der Waals surface area contributed by atoms with Crippen molar-refractivity contribution in [3.63, 3.8) is 0 Å². The molecule has 2 atom stereocenters. The van der Waals surface area contributed by atoms with Crippen LogP contribution >= 0.6 is 0 Å². The number of hydrogen-bond donors (Lipinski definition) is 3. The molecule has 8 nitrogen and oxygen atoms in total. The van der Waals surface area contributed by atoms with Crippen LogP contribution in [0.5, 0.6) is 0 Å². The topological polar surface area (TPSA) is 116 Å². The van der Waals surface area contributed by atoms with Gasteiger partial charge in [0.15, 0.2) is 11.8 Å². The number of carboxylic acids is 1. The minimum atomic E-state index is -1.44. The molecule has 3 rings (SSSR count). The third-order valence-electron chi connectivity index (χ3n) is 4.78. The number of benzene rings is 2. The fourth-order valence-corrected chi connectivity index (χ4v) is 3.18. The van der Waals surface area contributed by atoms with Gasteiger partial charge in [-0.3, -0.25) is 14.4 Å².